The van der Waals surface area contributed by atoms with Crippen LogP contribution in [0.1, 0.15) is 5.56 Å². The summed E-state index contributed by atoms with van der Waals surface area (Å²) in [4.78, 5) is 20.3. The molecule has 0 aliphatic rings. The van der Waals surface area contributed by atoms with Crippen LogP contribution in [0.25, 0.3) is 11.8 Å². The highest BCUT2D eigenvalue weighted by Gasteiger charge is 2.07. The van der Waals surface area contributed by atoms with E-state index in [4.69, 9.17) is 4.74 Å². The predicted molar refractivity (Wildman–Crippen MR) is 112 cm³/mol. The van der Waals surface area contributed by atoms with Gasteiger partial charge in [0, 0.05) is 24.7 Å². The van der Waals surface area contributed by atoms with Gasteiger partial charge in [0.1, 0.15) is 5.75 Å². The van der Waals surface area contributed by atoms with Crippen LogP contribution in [0.3, 0.4) is 0 Å². The van der Waals surface area contributed by atoms with E-state index in [0.717, 1.165) is 5.69 Å². The molecule has 0 spiro atoms. The van der Waals surface area contributed by atoms with E-state index in [0.29, 0.717) is 17.0 Å². The SMILES string of the molecule is O=C(/C=C/c1ccc(Oc2cccnc2)c(F)c1)Nc1ccccc1-n1ccnc1. The third-order valence-corrected chi connectivity index (χ3v) is 4.19. The summed E-state index contributed by atoms with van der Waals surface area (Å²) in [5.74, 6) is -0.347. The molecule has 4 aromatic rings. The second kappa shape index (κ2) is 8.83. The molecule has 0 saturated heterocycles. The van der Waals surface area contributed by atoms with Gasteiger partial charge in [0.15, 0.2) is 11.6 Å². The molecular weight excluding hydrogens is 383 g/mol. The van der Waals surface area contributed by atoms with Crippen molar-refractivity contribution in [3.63, 3.8) is 0 Å². The summed E-state index contributed by atoms with van der Waals surface area (Å²) < 4.78 is 21.6. The lowest BCUT2D eigenvalue weighted by Crippen LogP contribution is -2.10. The van der Waals surface area contributed by atoms with Gasteiger partial charge in [-0.3, -0.25) is 9.78 Å². The predicted octanol–water partition coefficient (Wildman–Crippen LogP) is 4.85. The van der Waals surface area contributed by atoms with Gasteiger partial charge in [-0.1, -0.05) is 18.2 Å². The van der Waals surface area contributed by atoms with Crippen LogP contribution in [0.2, 0.25) is 0 Å². The molecule has 4 rings (SSSR count). The van der Waals surface area contributed by atoms with Gasteiger partial charge < -0.3 is 14.6 Å². The number of aromatic nitrogens is 3. The Morgan fingerprint density at radius 1 is 1.07 bits per heavy atom. The van der Waals surface area contributed by atoms with Gasteiger partial charge in [0.05, 0.1) is 23.9 Å². The summed E-state index contributed by atoms with van der Waals surface area (Å²) in [6.07, 6.45) is 11.1. The molecule has 0 unspecified atom stereocenters. The van der Waals surface area contributed by atoms with Crippen molar-refractivity contribution in [2.24, 2.45) is 0 Å². The van der Waals surface area contributed by atoms with Gasteiger partial charge in [0.2, 0.25) is 5.91 Å². The van der Waals surface area contributed by atoms with Crippen LogP contribution < -0.4 is 10.1 Å². The molecule has 7 heteroatoms. The maximum atomic E-state index is 14.3. The van der Waals surface area contributed by atoms with Gasteiger partial charge in [-0.2, -0.15) is 0 Å². The molecule has 0 saturated carbocycles. The van der Waals surface area contributed by atoms with Crippen molar-refractivity contribution >= 4 is 17.7 Å². The van der Waals surface area contributed by atoms with Gasteiger partial charge in [-0.25, -0.2) is 9.37 Å². The fourth-order valence-corrected chi connectivity index (χ4v) is 2.79. The van der Waals surface area contributed by atoms with Crippen molar-refractivity contribution in [1.82, 2.24) is 14.5 Å². The van der Waals surface area contributed by atoms with Crippen LogP contribution in [0, 0.1) is 5.82 Å². The third kappa shape index (κ3) is 4.59. The van der Waals surface area contributed by atoms with Crippen molar-refractivity contribution in [2.45, 2.75) is 0 Å². The number of halogens is 1. The largest absolute Gasteiger partial charge is 0.453 e. The summed E-state index contributed by atoms with van der Waals surface area (Å²) in [5.41, 5.74) is 1.96. The zero-order valence-electron chi connectivity index (χ0n) is 15.8. The van der Waals surface area contributed by atoms with E-state index in [9.17, 15) is 9.18 Å². The van der Waals surface area contributed by atoms with Crippen molar-refractivity contribution < 1.29 is 13.9 Å². The van der Waals surface area contributed by atoms with Crippen molar-refractivity contribution in [2.75, 3.05) is 5.32 Å². The Hall–Kier alpha value is -4.26. The molecule has 0 bridgehead atoms. The Morgan fingerprint density at radius 2 is 1.97 bits per heavy atom. The van der Waals surface area contributed by atoms with Crippen LogP contribution in [0.15, 0.2) is 91.8 Å². The van der Waals surface area contributed by atoms with E-state index in [1.54, 1.807) is 53.8 Å². The lowest BCUT2D eigenvalue weighted by atomic mass is 10.2. The number of carbonyl (C=O) groups is 1. The number of nitrogens with one attached hydrogen (secondary N) is 1. The van der Waals surface area contributed by atoms with Crippen molar-refractivity contribution in [1.29, 1.82) is 0 Å². The Morgan fingerprint density at radius 3 is 2.73 bits per heavy atom. The van der Waals surface area contributed by atoms with Crippen LogP contribution in [0.5, 0.6) is 11.5 Å². The summed E-state index contributed by atoms with van der Waals surface area (Å²) in [6, 6.07) is 15.2. The number of hydrogen-bond acceptors (Lipinski definition) is 4. The third-order valence-electron chi connectivity index (χ3n) is 4.19. The van der Waals surface area contributed by atoms with E-state index in [-0.39, 0.29) is 11.7 Å². The maximum Gasteiger partial charge on any atom is 0.248 e. The highest BCUT2D eigenvalue weighted by molar-refractivity contribution is 6.03. The summed E-state index contributed by atoms with van der Waals surface area (Å²) in [6.45, 7) is 0. The first-order chi connectivity index (χ1) is 14.7. The average molecular weight is 400 g/mol. The topological polar surface area (TPSA) is 69.0 Å². The number of nitrogens with zero attached hydrogens (tertiary/aromatic N) is 3. The van der Waals surface area contributed by atoms with E-state index < -0.39 is 5.82 Å². The lowest BCUT2D eigenvalue weighted by Gasteiger charge is -2.10. The van der Waals surface area contributed by atoms with Crippen molar-refractivity contribution in [3.8, 4) is 17.2 Å². The first-order valence-electron chi connectivity index (χ1n) is 9.13. The van der Waals surface area contributed by atoms with Crippen LogP contribution in [0.4, 0.5) is 10.1 Å². The molecule has 2 aromatic carbocycles. The molecule has 2 aromatic heterocycles. The molecular formula is C23H17FN4O2. The second-order valence-corrected chi connectivity index (χ2v) is 6.29. The molecule has 1 N–H and O–H groups in total. The Labute approximate surface area is 172 Å². The number of benzene rings is 2. The van der Waals surface area contributed by atoms with Gasteiger partial charge >= 0.3 is 0 Å². The molecule has 0 aliphatic heterocycles. The second-order valence-electron chi connectivity index (χ2n) is 6.29. The number of hydrogen-bond donors (Lipinski definition) is 1. The number of para-hydroxylation sites is 2. The molecule has 0 aliphatic carbocycles. The van der Waals surface area contributed by atoms with E-state index in [2.05, 4.69) is 15.3 Å². The highest BCUT2D eigenvalue weighted by atomic mass is 19.1. The van der Waals surface area contributed by atoms with Crippen LogP contribution >= 0.6 is 0 Å². The smallest absolute Gasteiger partial charge is 0.248 e. The summed E-state index contributed by atoms with van der Waals surface area (Å²) in [5, 5.41) is 2.83. The maximum absolute atomic E-state index is 14.3. The molecule has 2 heterocycles. The van der Waals surface area contributed by atoms with Gasteiger partial charge in [0.25, 0.3) is 0 Å². The van der Waals surface area contributed by atoms with E-state index in [1.807, 2.05) is 18.2 Å². The molecule has 1 amide bonds. The first kappa shape index (κ1) is 19.1. The number of ether oxygens (including phenoxy) is 1. The molecule has 30 heavy (non-hydrogen) atoms. The summed E-state index contributed by atoms with van der Waals surface area (Å²) >= 11 is 0. The monoisotopic (exact) mass is 400 g/mol. The molecule has 0 atom stereocenters. The Balaban J connectivity index is 1.44. The fraction of sp³-hybridized carbons (Fsp3) is 0. The van der Waals surface area contributed by atoms with Crippen LogP contribution in [-0.4, -0.2) is 20.4 Å². The molecule has 148 valence electrons. The number of rotatable bonds is 6. The van der Waals surface area contributed by atoms with Gasteiger partial charge in [-0.05, 0) is 48.0 Å². The minimum atomic E-state index is -0.535. The van der Waals surface area contributed by atoms with Gasteiger partial charge in [-0.15, -0.1) is 0 Å². The van der Waals surface area contributed by atoms with E-state index in [1.165, 1.54) is 30.5 Å². The minimum absolute atomic E-state index is 0.0823. The quantitative estimate of drug-likeness (QED) is 0.470. The number of imidazole rings is 1. The standard InChI is InChI=1S/C23H17FN4O2/c24-19-14-17(7-9-22(19)30-18-4-3-11-25-15-18)8-10-23(29)27-20-5-1-2-6-21(20)28-13-12-26-16-28/h1-16H,(H,27,29)/b10-8+. The lowest BCUT2D eigenvalue weighted by molar-refractivity contribution is -0.111. The average Bonchev–Trinajstić information content (AvgIpc) is 3.30. The Bertz CT molecular complexity index is 1180. The zero-order chi connectivity index (χ0) is 20.8. The highest BCUT2D eigenvalue weighted by Crippen LogP contribution is 2.25. The summed E-state index contributed by atoms with van der Waals surface area (Å²) in [7, 11) is 0. The number of pyridine rings is 1. The number of amides is 1. The Kier molecular flexibility index (Phi) is 5.61. The molecule has 6 nitrogen and oxygen atoms in total. The number of anilines is 1. The normalized spacial score (nSPS) is 10.8. The zero-order valence-corrected chi connectivity index (χ0v) is 15.8. The van der Waals surface area contributed by atoms with Crippen molar-refractivity contribution in [3.05, 3.63) is 103 Å². The van der Waals surface area contributed by atoms with Crippen LogP contribution in [-0.2, 0) is 4.79 Å². The molecule has 0 radical (unpaired) electrons. The molecule has 0 fully saturated rings. The number of carbonyl (C=O) groups excluding carboxylic acids is 1. The van der Waals surface area contributed by atoms with E-state index >= 15 is 0 Å². The fourth-order valence-electron chi connectivity index (χ4n) is 2.79. The minimum Gasteiger partial charge on any atom is -0.453 e. The first-order valence-corrected chi connectivity index (χ1v) is 9.13.